The van der Waals surface area contributed by atoms with E-state index >= 15 is 0 Å². The molecule has 0 radical (unpaired) electrons. The Kier molecular flexibility index (Phi) is 3.43. The molecule has 0 saturated heterocycles. The van der Waals surface area contributed by atoms with Gasteiger partial charge < -0.3 is 14.9 Å². The number of hydrogen-bond acceptors (Lipinski definition) is 3. The summed E-state index contributed by atoms with van der Waals surface area (Å²) in [6, 6.07) is 16.1. The van der Waals surface area contributed by atoms with E-state index in [1.54, 1.807) is 25.3 Å². The minimum absolute atomic E-state index is 0.0997. The first-order valence-electron chi connectivity index (χ1n) is 6.74. The van der Waals surface area contributed by atoms with Gasteiger partial charge in [0.15, 0.2) is 0 Å². The lowest BCUT2D eigenvalue weighted by molar-refractivity contribution is 0.0696. The molecule has 0 bridgehead atoms. The van der Waals surface area contributed by atoms with E-state index in [0.717, 1.165) is 16.5 Å². The standard InChI is InChI=1S/C18H14O4/c1-22-12-7-8-13-15(9-12)14(11-5-3-2-4-6-11)10-16(19)17(13)18(20)21/h2-10,19H,1H3,(H,20,21). The van der Waals surface area contributed by atoms with Gasteiger partial charge in [0.05, 0.1) is 7.11 Å². The van der Waals surface area contributed by atoms with Crippen molar-refractivity contribution in [1.29, 1.82) is 0 Å². The summed E-state index contributed by atoms with van der Waals surface area (Å²) in [5, 5.41) is 20.7. The highest BCUT2D eigenvalue weighted by Gasteiger charge is 2.18. The van der Waals surface area contributed by atoms with Gasteiger partial charge in [-0.25, -0.2) is 4.79 Å². The van der Waals surface area contributed by atoms with Crippen LogP contribution in [0.4, 0.5) is 0 Å². The molecular formula is C18H14O4. The van der Waals surface area contributed by atoms with Gasteiger partial charge in [-0.2, -0.15) is 0 Å². The summed E-state index contributed by atoms with van der Waals surface area (Å²) in [5.41, 5.74) is 1.56. The van der Waals surface area contributed by atoms with Crippen LogP contribution < -0.4 is 4.74 Å². The Hall–Kier alpha value is -3.01. The maximum atomic E-state index is 11.4. The number of benzene rings is 3. The quantitative estimate of drug-likeness (QED) is 0.768. The van der Waals surface area contributed by atoms with E-state index in [9.17, 15) is 15.0 Å². The van der Waals surface area contributed by atoms with Crippen LogP contribution in [0.15, 0.2) is 54.6 Å². The summed E-state index contributed by atoms with van der Waals surface area (Å²) in [5.74, 6) is -0.775. The zero-order valence-corrected chi connectivity index (χ0v) is 11.9. The van der Waals surface area contributed by atoms with Crippen LogP contribution in [0.2, 0.25) is 0 Å². The summed E-state index contributed by atoms with van der Waals surface area (Å²) < 4.78 is 5.23. The second-order valence-electron chi connectivity index (χ2n) is 4.90. The molecule has 0 aliphatic carbocycles. The zero-order chi connectivity index (χ0) is 15.7. The first-order chi connectivity index (χ1) is 10.6. The van der Waals surface area contributed by atoms with E-state index in [0.29, 0.717) is 11.1 Å². The van der Waals surface area contributed by atoms with Crippen molar-refractivity contribution in [3.63, 3.8) is 0 Å². The number of phenols is 1. The summed E-state index contributed by atoms with van der Waals surface area (Å²) in [4.78, 5) is 11.4. The molecule has 0 aliphatic rings. The van der Waals surface area contributed by atoms with E-state index in [-0.39, 0.29) is 11.3 Å². The number of methoxy groups -OCH3 is 1. The molecule has 0 aliphatic heterocycles. The Labute approximate surface area is 127 Å². The van der Waals surface area contributed by atoms with Crippen LogP contribution in [0, 0.1) is 0 Å². The lowest BCUT2D eigenvalue weighted by atomic mass is 9.94. The molecule has 110 valence electrons. The maximum absolute atomic E-state index is 11.4. The molecule has 0 heterocycles. The molecule has 0 unspecified atom stereocenters. The van der Waals surface area contributed by atoms with Crippen molar-refractivity contribution in [2.45, 2.75) is 0 Å². The fraction of sp³-hybridized carbons (Fsp3) is 0.0556. The third-order valence-electron chi connectivity index (χ3n) is 3.62. The van der Waals surface area contributed by atoms with Crippen LogP contribution >= 0.6 is 0 Å². The monoisotopic (exact) mass is 294 g/mol. The first-order valence-corrected chi connectivity index (χ1v) is 6.74. The molecule has 0 atom stereocenters. The predicted octanol–water partition coefficient (Wildman–Crippen LogP) is 3.92. The Morgan fingerprint density at radius 1 is 1.00 bits per heavy atom. The van der Waals surface area contributed by atoms with Crippen molar-refractivity contribution in [1.82, 2.24) is 0 Å². The van der Waals surface area contributed by atoms with Gasteiger partial charge in [0.25, 0.3) is 0 Å². The molecule has 0 fully saturated rings. The van der Waals surface area contributed by atoms with Crippen LogP contribution in [0.5, 0.6) is 11.5 Å². The van der Waals surface area contributed by atoms with Crippen LogP contribution in [-0.2, 0) is 0 Å². The van der Waals surface area contributed by atoms with Crippen LogP contribution in [0.3, 0.4) is 0 Å². The average Bonchev–Trinajstić information content (AvgIpc) is 2.54. The second-order valence-corrected chi connectivity index (χ2v) is 4.90. The van der Waals surface area contributed by atoms with Gasteiger partial charge in [-0.1, -0.05) is 30.3 Å². The molecule has 3 aromatic rings. The minimum Gasteiger partial charge on any atom is -0.507 e. The Balaban J connectivity index is 2.42. The molecule has 0 amide bonds. The highest BCUT2D eigenvalue weighted by Crippen LogP contribution is 2.38. The number of carboxylic acids is 1. The fourth-order valence-corrected chi connectivity index (χ4v) is 2.60. The summed E-state index contributed by atoms with van der Waals surface area (Å²) in [7, 11) is 1.56. The molecule has 4 nitrogen and oxygen atoms in total. The number of carboxylic acid groups (broad SMARTS) is 1. The lowest BCUT2D eigenvalue weighted by Gasteiger charge is -2.13. The van der Waals surface area contributed by atoms with Crippen LogP contribution in [0.1, 0.15) is 10.4 Å². The third kappa shape index (κ3) is 2.24. The van der Waals surface area contributed by atoms with Crippen molar-refractivity contribution >= 4 is 16.7 Å². The summed E-state index contributed by atoms with van der Waals surface area (Å²) >= 11 is 0. The number of aromatic hydroxyl groups is 1. The van der Waals surface area contributed by atoms with Gasteiger partial charge in [0.2, 0.25) is 0 Å². The maximum Gasteiger partial charge on any atom is 0.340 e. The smallest absolute Gasteiger partial charge is 0.340 e. The van der Waals surface area contributed by atoms with Crippen molar-refractivity contribution < 1.29 is 19.7 Å². The molecule has 0 aromatic heterocycles. The van der Waals surface area contributed by atoms with E-state index in [2.05, 4.69) is 0 Å². The van der Waals surface area contributed by atoms with Gasteiger partial charge in [0.1, 0.15) is 17.1 Å². The van der Waals surface area contributed by atoms with E-state index in [1.165, 1.54) is 6.07 Å². The molecule has 3 aromatic carbocycles. The molecular weight excluding hydrogens is 280 g/mol. The van der Waals surface area contributed by atoms with E-state index in [4.69, 9.17) is 4.74 Å². The number of aromatic carboxylic acids is 1. The Bertz CT molecular complexity index is 854. The molecule has 3 rings (SSSR count). The number of hydrogen-bond donors (Lipinski definition) is 2. The molecule has 0 saturated carbocycles. The van der Waals surface area contributed by atoms with Crippen molar-refractivity contribution in [2.24, 2.45) is 0 Å². The zero-order valence-electron chi connectivity index (χ0n) is 11.9. The fourth-order valence-electron chi connectivity index (χ4n) is 2.60. The lowest BCUT2D eigenvalue weighted by Crippen LogP contribution is -1.99. The number of carbonyl (C=O) groups is 1. The topological polar surface area (TPSA) is 66.8 Å². The SMILES string of the molecule is COc1ccc2c(C(=O)O)c(O)cc(-c3ccccc3)c2c1. The van der Waals surface area contributed by atoms with Crippen molar-refractivity contribution in [2.75, 3.05) is 7.11 Å². The highest BCUT2D eigenvalue weighted by molar-refractivity contribution is 6.11. The van der Waals surface area contributed by atoms with Crippen LogP contribution in [0.25, 0.3) is 21.9 Å². The summed E-state index contributed by atoms with van der Waals surface area (Å²) in [6.07, 6.45) is 0. The predicted molar refractivity (Wildman–Crippen MR) is 84.6 cm³/mol. The Morgan fingerprint density at radius 2 is 1.73 bits per heavy atom. The molecule has 2 N–H and O–H groups in total. The van der Waals surface area contributed by atoms with Crippen molar-refractivity contribution in [3.05, 3.63) is 60.2 Å². The van der Waals surface area contributed by atoms with Gasteiger partial charge >= 0.3 is 5.97 Å². The van der Waals surface area contributed by atoms with Crippen molar-refractivity contribution in [3.8, 4) is 22.6 Å². The van der Waals surface area contributed by atoms with Gasteiger partial charge in [0, 0.05) is 5.39 Å². The molecule has 22 heavy (non-hydrogen) atoms. The highest BCUT2D eigenvalue weighted by atomic mass is 16.5. The third-order valence-corrected chi connectivity index (χ3v) is 3.62. The van der Waals surface area contributed by atoms with Gasteiger partial charge in [-0.15, -0.1) is 0 Å². The molecule has 4 heteroatoms. The number of ether oxygens (including phenoxy) is 1. The summed E-state index contributed by atoms with van der Waals surface area (Å²) in [6.45, 7) is 0. The second kappa shape index (κ2) is 5.41. The largest absolute Gasteiger partial charge is 0.507 e. The van der Waals surface area contributed by atoms with Crippen LogP contribution in [-0.4, -0.2) is 23.3 Å². The van der Waals surface area contributed by atoms with Gasteiger partial charge in [-0.05, 0) is 40.8 Å². The Morgan fingerprint density at radius 3 is 2.36 bits per heavy atom. The normalized spacial score (nSPS) is 10.6. The minimum atomic E-state index is -1.16. The number of rotatable bonds is 3. The average molecular weight is 294 g/mol. The first kappa shape index (κ1) is 13.9. The molecule has 0 spiro atoms. The van der Waals surface area contributed by atoms with E-state index < -0.39 is 5.97 Å². The van der Waals surface area contributed by atoms with Gasteiger partial charge in [-0.3, -0.25) is 0 Å². The van der Waals surface area contributed by atoms with E-state index in [1.807, 2.05) is 30.3 Å². The number of fused-ring (bicyclic) bond motifs is 1.